The smallest absolute Gasteiger partial charge is 0.321 e. The number of hydrogen-bond acceptors (Lipinski definition) is 2. The fraction of sp³-hybridized carbons (Fsp3) is 0.389. The van der Waals surface area contributed by atoms with E-state index in [1.54, 1.807) is 0 Å². The predicted octanol–water partition coefficient (Wildman–Crippen LogP) is 3.46. The molecule has 1 atom stereocenters. The lowest BCUT2D eigenvalue weighted by Gasteiger charge is -2.33. The highest BCUT2D eigenvalue weighted by Gasteiger charge is 2.25. The Kier molecular flexibility index (Phi) is 4.29. The van der Waals surface area contributed by atoms with Crippen molar-refractivity contribution in [2.75, 3.05) is 18.4 Å². The number of benzene rings is 2. The van der Waals surface area contributed by atoms with Gasteiger partial charge in [-0.25, -0.2) is 4.79 Å². The third kappa shape index (κ3) is 3.22. The first kappa shape index (κ1) is 14.9. The van der Waals surface area contributed by atoms with E-state index in [0.29, 0.717) is 19.0 Å². The van der Waals surface area contributed by atoms with Crippen LogP contribution in [0.1, 0.15) is 19.8 Å². The van der Waals surface area contributed by atoms with Gasteiger partial charge < -0.3 is 15.3 Å². The number of fused-ring (bicyclic) bond motifs is 1. The first-order valence-corrected chi connectivity index (χ1v) is 7.86. The first-order chi connectivity index (χ1) is 10.6. The van der Waals surface area contributed by atoms with Crippen molar-refractivity contribution in [3.8, 4) is 0 Å². The number of carbonyl (C=O) groups excluding carboxylic acids is 1. The van der Waals surface area contributed by atoms with Crippen molar-refractivity contribution in [1.82, 2.24) is 4.90 Å². The highest BCUT2D eigenvalue weighted by Crippen LogP contribution is 2.22. The summed E-state index contributed by atoms with van der Waals surface area (Å²) in [5.41, 5.74) is 0.821. The Morgan fingerprint density at radius 1 is 1.18 bits per heavy atom. The summed E-state index contributed by atoms with van der Waals surface area (Å²) >= 11 is 0. The molecule has 0 radical (unpaired) electrons. The minimum Gasteiger partial charge on any atom is -0.393 e. The summed E-state index contributed by atoms with van der Waals surface area (Å²) in [6.07, 6.45) is 1.44. The molecule has 4 nitrogen and oxygen atoms in total. The van der Waals surface area contributed by atoms with E-state index >= 15 is 0 Å². The Morgan fingerprint density at radius 2 is 1.86 bits per heavy atom. The predicted molar refractivity (Wildman–Crippen MR) is 88.9 cm³/mol. The van der Waals surface area contributed by atoms with Gasteiger partial charge in [0.15, 0.2) is 0 Å². The van der Waals surface area contributed by atoms with Gasteiger partial charge >= 0.3 is 6.03 Å². The molecule has 0 bridgehead atoms. The monoisotopic (exact) mass is 298 g/mol. The van der Waals surface area contributed by atoms with E-state index in [4.69, 9.17) is 0 Å². The van der Waals surface area contributed by atoms with Gasteiger partial charge in [0.2, 0.25) is 0 Å². The zero-order valence-corrected chi connectivity index (χ0v) is 12.8. The van der Waals surface area contributed by atoms with E-state index < -0.39 is 0 Å². The van der Waals surface area contributed by atoms with Crippen LogP contribution in [0.4, 0.5) is 10.5 Å². The maximum absolute atomic E-state index is 12.3. The Balaban J connectivity index is 1.63. The first-order valence-electron chi connectivity index (χ1n) is 7.86. The van der Waals surface area contributed by atoms with E-state index in [9.17, 15) is 9.90 Å². The summed E-state index contributed by atoms with van der Waals surface area (Å²) in [7, 11) is 0. The quantitative estimate of drug-likeness (QED) is 0.892. The van der Waals surface area contributed by atoms with E-state index in [-0.39, 0.29) is 12.1 Å². The van der Waals surface area contributed by atoms with E-state index in [1.807, 2.05) is 48.2 Å². The maximum Gasteiger partial charge on any atom is 0.321 e. The number of piperidine rings is 1. The Morgan fingerprint density at radius 3 is 2.55 bits per heavy atom. The lowest BCUT2D eigenvalue weighted by atomic mass is 9.92. The van der Waals surface area contributed by atoms with Gasteiger partial charge in [-0.3, -0.25) is 0 Å². The molecular formula is C18H22N2O2. The molecule has 0 aliphatic carbocycles. The zero-order chi connectivity index (χ0) is 15.5. The topological polar surface area (TPSA) is 52.6 Å². The number of aliphatic hydroxyl groups excluding tert-OH is 1. The van der Waals surface area contributed by atoms with Crippen molar-refractivity contribution in [3.05, 3.63) is 42.5 Å². The van der Waals surface area contributed by atoms with Gasteiger partial charge in [-0.2, -0.15) is 0 Å². The minimum absolute atomic E-state index is 0.0562. The van der Waals surface area contributed by atoms with Crippen LogP contribution in [-0.4, -0.2) is 35.2 Å². The van der Waals surface area contributed by atoms with Crippen molar-refractivity contribution < 1.29 is 9.90 Å². The average Bonchev–Trinajstić information content (AvgIpc) is 2.55. The zero-order valence-electron chi connectivity index (χ0n) is 12.8. The second-order valence-electron chi connectivity index (χ2n) is 6.06. The van der Waals surface area contributed by atoms with Crippen LogP contribution in [0.15, 0.2) is 42.5 Å². The molecule has 2 N–H and O–H groups in total. The van der Waals surface area contributed by atoms with Crippen molar-refractivity contribution in [2.45, 2.75) is 25.9 Å². The number of likely N-dealkylation sites (tertiary alicyclic amines) is 1. The molecular weight excluding hydrogens is 276 g/mol. The van der Waals surface area contributed by atoms with Gasteiger partial charge in [-0.1, -0.05) is 30.3 Å². The van der Waals surface area contributed by atoms with Crippen molar-refractivity contribution in [2.24, 2.45) is 5.92 Å². The van der Waals surface area contributed by atoms with Crippen LogP contribution in [0, 0.1) is 5.92 Å². The van der Waals surface area contributed by atoms with E-state index in [1.165, 1.54) is 5.39 Å². The third-order valence-corrected chi connectivity index (χ3v) is 4.51. The van der Waals surface area contributed by atoms with Crippen LogP contribution in [0.2, 0.25) is 0 Å². The van der Waals surface area contributed by atoms with Crippen LogP contribution in [-0.2, 0) is 0 Å². The molecule has 3 rings (SSSR count). The Labute approximate surface area is 130 Å². The number of aliphatic hydroxyl groups is 1. The largest absolute Gasteiger partial charge is 0.393 e. The highest BCUT2D eigenvalue weighted by atomic mass is 16.3. The van der Waals surface area contributed by atoms with Crippen LogP contribution < -0.4 is 5.32 Å². The number of amides is 2. The van der Waals surface area contributed by atoms with Gasteiger partial charge in [0.25, 0.3) is 0 Å². The summed E-state index contributed by atoms with van der Waals surface area (Å²) in [5, 5.41) is 14.9. The second-order valence-corrected chi connectivity index (χ2v) is 6.06. The fourth-order valence-corrected chi connectivity index (χ4v) is 3.05. The summed E-state index contributed by atoms with van der Waals surface area (Å²) < 4.78 is 0. The molecule has 4 heteroatoms. The molecule has 2 amide bonds. The maximum atomic E-state index is 12.3. The Hall–Kier alpha value is -2.07. The van der Waals surface area contributed by atoms with E-state index in [2.05, 4.69) is 11.4 Å². The van der Waals surface area contributed by atoms with Crippen LogP contribution in [0.3, 0.4) is 0 Å². The number of urea groups is 1. The number of nitrogens with one attached hydrogen (secondary N) is 1. The molecule has 0 saturated carbocycles. The molecule has 2 aromatic carbocycles. The van der Waals surface area contributed by atoms with Gasteiger partial charge in [0.05, 0.1) is 6.10 Å². The molecule has 0 spiro atoms. The molecule has 1 aliphatic heterocycles. The number of carbonyl (C=O) groups is 1. The van der Waals surface area contributed by atoms with E-state index in [0.717, 1.165) is 23.9 Å². The lowest BCUT2D eigenvalue weighted by molar-refractivity contribution is 0.0820. The van der Waals surface area contributed by atoms with Crippen LogP contribution >= 0.6 is 0 Å². The van der Waals surface area contributed by atoms with Gasteiger partial charge in [-0.15, -0.1) is 0 Å². The fourth-order valence-electron chi connectivity index (χ4n) is 3.05. The lowest BCUT2D eigenvalue weighted by Crippen LogP contribution is -2.42. The molecule has 22 heavy (non-hydrogen) atoms. The molecule has 1 fully saturated rings. The minimum atomic E-state index is -0.286. The molecule has 116 valence electrons. The highest BCUT2D eigenvalue weighted by molar-refractivity contribution is 5.93. The molecule has 2 aromatic rings. The number of hydrogen-bond donors (Lipinski definition) is 2. The van der Waals surface area contributed by atoms with Crippen LogP contribution in [0.25, 0.3) is 10.8 Å². The van der Waals surface area contributed by atoms with Crippen LogP contribution in [0.5, 0.6) is 0 Å². The molecule has 1 unspecified atom stereocenters. The van der Waals surface area contributed by atoms with Crippen molar-refractivity contribution in [3.63, 3.8) is 0 Å². The number of nitrogens with zero attached hydrogens (tertiary/aromatic N) is 1. The second kappa shape index (κ2) is 6.36. The standard InChI is InChI=1S/C18H22N2O2/c1-13(21)14-8-10-20(11-9-14)18(22)19-17-7-6-15-4-2-3-5-16(15)12-17/h2-7,12-14,21H,8-11H2,1H3,(H,19,22). The van der Waals surface area contributed by atoms with Crippen molar-refractivity contribution >= 4 is 22.5 Å². The van der Waals surface area contributed by atoms with Gasteiger partial charge in [-0.05, 0) is 48.6 Å². The SMILES string of the molecule is CC(O)C1CCN(C(=O)Nc2ccc3ccccc3c2)CC1. The summed E-state index contributed by atoms with van der Waals surface area (Å²) in [4.78, 5) is 14.2. The normalized spacial score (nSPS) is 17.5. The number of anilines is 1. The molecule has 1 heterocycles. The van der Waals surface area contributed by atoms with Crippen molar-refractivity contribution in [1.29, 1.82) is 0 Å². The third-order valence-electron chi connectivity index (χ3n) is 4.51. The van der Waals surface area contributed by atoms with Gasteiger partial charge in [0, 0.05) is 18.8 Å². The summed E-state index contributed by atoms with van der Waals surface area (Å²) in [5.74, 6) is 0.310. The summed E-state index contributed by atoms with van der Waals surface area (Å²) in [6, 6.07) is 14.0. The number of rotatable bonds is 2. The molecule has 1 aliphatic rings. The molecule has 1 saturated heterocycles. The Bertz CT molecular complexity index is 661. The average molecular weight is 298 g/mol. The summed E-state index contributed by atoms with van der Waals surface area (Å²) in [6.45, 7) is 3.24. The van der Waals surface area contributed by atoms with Gasteiger partial charge in [0.1, 0.15) is 0 Å². The molecule has 0 aromatic heterocycles.